The molecule has 0 atom stereocenters. The normalized spacial score (nSPS) is 11.9. The zero-order chi connectivity index (χ0) is 30.3. The molecule has 0 amide bonds. The molecule has 1 aromatic heterocycles. The van der Waals surface area contributed by atoms with Gasteiger partial charge in [0.15, 0.2) is 0 Å². The summed E-state index contributed by atoms with van der Waals surface area (Å²) in [7, 11) is -2.52. The average molecular weight is 576 g/mol. The van der Waals surface area contributed by atoms with Crippen molar-refractivity contribution in [1.82, 2.24) is 9.36 Å². The van der Waals surface area contributed by atoms with Crippen molar-refractivity contribution in [3.8, 4) is 5.69 Å². The molecule has 3 aromatic carbocycles. The summed E-state index contributed by atoms with van der Waals surface area (Å²) in [6, 6.07) is 17.4. The first-order chi connectivity index (χ1) is 19.1. The van der Waals surface area contributed by atoms with Crippen LogP contribution >= 0.6 is 0 Å². The minimum Gasteiger partial charge on any atom is -0.457 e. The van der Waals surface area contributed by atoms with Gasteiger partial charge in [0.2, 0.25) is 0 Å². The van der Waals surface area contributed by atoms with E-state index >= 15 is 0 Å². The standard InChI is InChI=1S/C32H37N3O5S/c1-20-14-15-26(18-27(20)31(37)40-19-28-21(2)16-24(17-22(28)3)32(5,6)7)41(38,39)33-29-23(4)34(8)35(30(29)36)25-12-10-9-11-13-25/h9-18,33H,19H2,1-8H3. The maximum absolute atomic E-state index is 13.4. The summed E-state index contributed by atoms with van der Waals surface area (Å²) in [6.45, 7) is 13.9. The average Bonchev–Trinajstić information content (AvgIpc) is 3.10. The second-order valence-electron chi connectivity index (χ2n) is 11.4. The quantitative estimate of drug-likeness (QED) is 0.278. The van der Waals surface area contributed by atoms with Crippen molar-refractivity contribution in [3.05, 3.63) is 110 Å². The van der Waals surface area contributed by atoms with Crippen molar-refractivity contribution in [2.24, 2.45) is 7.05 Å². The number of aromatic nitrogens is 2. The van der Waals surface area contributed by atoms with Gasteiger partial charge in [-0.15, -0.1) is 0 Å². The van der Waals surface area contributed by atoms with E-state index in [1.807, 2.05) is 19.9 Å². The number of carbonyl (C=O) groups is 1. The van der Waals surface area contributed by atoms with Crippen molar-refractivity contribution in [1.29, 1.82) is 0 Å². The summed E-state index contributed by atoms with van der Waals surface area (Å²) in [6.07, 6.45) is 0. The molecule has 0 saturated heterocycles. The van der Waals surface area contributed by atoms with Gasteiger partial charge in [-0.25, -0.2) is 17.9 Å². The van der Waals surface area contributed by atoms with Gasteiger partial charge in [0.05, 0.1) is 21.8 Å². The second kappa shape index (κ2) is 11.0. The number of carbonyl (C=O) groups excluding carboxylic acids is 1. The summed E-state index contributed by atoms with van der Waals surface area (Å²) in [5, 5.41) is 0. The van der Waals surface area contributed by atoms with Crippen molar-refractivity contribution >= 4 is 21.7 Å². The van der Waals surface area contributed by atoms with Crippen LogP contribution in [0.15, 0.2) is 70.4 Å². The minimum atomic E-state index is -4.20. The highest BCUT2D eigenvalue weighted by Gasteiger charge is 2.25. The topological polar surface area (TPSA) is 99.4 Å². The fourth-order valence-corrected chi connectivity index (χ4v) is 5.88. The number of esters is 1. The van der Waals surface area contributed by atoms with Gasteiger partial charge in [-0.3, -0.25) is 14.2 Å². The van der Waals surface area contributed by atoms with Crippen LogP contribution in [0.2, 0.25) is 0 Å². The van der Waals surface area contributed by atoms with Gasteiger partial charge in [-0.05, 0) is 85.2 Å². The Bertz CT molecular complexity index is 1770. The highest BCUT2D eigenvalue weighted by atomic mass is 32.2. The number of nitrogens with one attached hydrogen (secondary N) is 1. The summed E-state index contributed by atoms with van der Waals surface area (Å²) >= 11 is 0. The van der Waals surface area contributed by atoms with Crippen molar-refractivity contribution < 1.29 is 17.9 Å². The van der Waals surface area contributed by atoms with Crippen LogP contribution in [-0.4, -0.2) is 23.8 Å². The van der Waals surface area contributed by atoms with E-state index in [1.165, 1.54) is 22.4 Å². The number of aryl methyl sites for hydroxylation is 3. The molecule has 41 heavy (non-hydrogen) atoms. The molecule has 0 aliphatic rings. The maximum Gasteiger partial charge on any atom is 0.338 e. The second-order valence-corrected chi connectivity index (χ2v) is 13.1. The Morgan fingerprint density at radius 1 is 0.902 bits per heavy atom. The summed E-state index contributed by atoms with van der Waals surface area (Å²) in [5.41, 5.74) is 5.36. The molecule has 0 spiro atoms. The molecule has 4 aromatic rings. The van der Waals surface area contributed by atoms with E-state index in [9.17, 15) is 18.0 Å². The van der Waals surface area contributed by atoms with Gasteiger partial charge in [0.25, 0.3) is 15.6 Å². The van der Waals surface area contributed by atoms with Gasteiger partial charge >= 0.3 is 5.97 Å². The summed E-state index contributed by atoms with van der Waals surface area (Å²) in [5.74, 6) is -0.624. The molecule has 8 nitrogen and oxygen atoms in total. The highest BCUT2D eigenvalue weighted by Crippen LogP contribution is 2.28. The van der Waals surface area contributed by atoms with Gasteiger partial charge in [0.1, 0.15) is 12.3 Å². The van der Waals surface area contributed by atoms with E-state index in [4.69, 9.17) is 4.74 Å². The molecule has 216 valence electrons. The number of benzene rings is 3. The Labute approximate surface area is 241 Å². The third-order valence-corrected chi connectivity index (χ3v) is 8.79. The van der Waals surface area contributed by atoms with Crippen LogP contribution in [-0.2, 0) is 33.8 Å². The molecule has 1 heterocycles. The van der Waals surface area contributed by atoms with Crippen molar-refractivity contribution in [3.63, 3.8) is 0 Å². The number of hydrogen-bond acceptors (Lipinski definition) is 5. The van der Waals surface area contributed by atoms with Crippen LogP contribution in [0, 0.1) is 27.7 Å². The molecule has 0 bridgehead atoms. The SMILES string of the molecule is Cc1ccc(S(=O)(=O)Nc2c(C)n(C)n(-c3ccccc3)c2=O)cc1C(=O)OCc1c(C)cc(C(C)(C)C)cc1C. The Morgan fingerprint density at radius 2 is 1.51 bits per heavy atom. The molecule has 9 heteroatoms. The number of para-hydroxylation sites is 1. The molecular weight excluding hydrogens is 538 g/mol. The molecule has 0 fully saturated rings. The highest BCUT2D eigenvalue weighted by molar-refractivity contribution is 7.92. The minimum absolute atomic E-state index is 0.00521. The van der Waals surface area contributed by atoms with Gasteiger partial charge < -0.3 is 4.74 Å². The molecule has 4 rings (SSSR count). The molecule has 0 aliphatic heterocycles. The Hall–Kier alpha value is -4.11. The fourth-order valence-electron chi connectivity index (χ4n) is 4.74. The van der Waals surface area contributed by atoms with Crippen LogP contribution in [0.25, 0.3) is 5.69 Å². The third kappa shape index (κ3) is 6.00. The predicted octanol–water partition coefficient (Wildman–Crippen LogP) is 5.86. The van der Waals surface area contributed by atoms with Gasteiger partial charge in [-0.1, -0.05) is 57.2 Å². The lowest BCUT2D eigenvalue weighted by atomic mass is 9.84. The van der Waals surface area contributed by atoms with Crippen molar-refractivity contribution in [2.45, 2.75) is 65.4 Å². The first kappa shape index (κ1) is 29.9. The van der Waals surface area contributed by atoms with Crippen LogP contribution in [0.3, 0.4) is 0 Å². The van der Waals surface area contributed by atoms with Crippen molar-refractivity contribution in [2.75, 3.05) is 4.72 Å². The number of anilines is 1. The van der Waals surface area contributed by atoms with E-state index in [-0.39, 0.29) is 28.2 Å². The molecule has 0 saturated carbocycles. The molecular formula is C32H37N3O5S. The molecule has 1 N–H and O–H groups in total. The maximum atomic E-state index is 13.4. The largest absolute Gasteiger partial charge is 0.457 e. The number of nitrogens with zero attached hydrogens (tertiary/aromatic N) is 2. The van der Waals surface area contributed by atoms with Crippen LogP contribution in [0.1, 0.15) is 64.6 Å². The third-order valence-electron chi connectivity index (χ3n) is 7.44. The van der Waals surface area contributed by atoms with E-state index in [1.54, 1.807) is 55.9 Å². The van der Waals surface area contributed by atoms with E-state index in [0.29, 0.717) is 16.9 Å². The van der Waals surface area contributed by atoms with Crippen LogP contribution in [0.4, 0.5) is 5.69 Å². The number of rotatable bonds is 7. The number of ether oxygens (including phenoxy) is 1. The van der Waals surface area contributed by atoms with Crippen LogP contribution < -0.4 is 10.3 Å². The lowest BCUT2D eigenvalue weighted by Crippen LogP contribution is -2.23. The monoisotopic (exact) mass is 575 g/mol. The molecule has 0 unspecified atom stereocenters. The Kier molecular flexibility index (Phi) is 8.05. The zero-order valence-corrected chi connectivity index (χ0v) is 25.6. The van der Waals surface area contributed by atoms with E-state index < -0.39 is 21.6 Å². The first-order valence-corrected chi connectivity index (χ1v) is 14.9. The van der Waals surface area contributed by atoms with Gasteiger partial charge in [-0.2, -0.15) is 0 Å². The first-order valence-electron chi connectivity index (χ1n) is 13.4. The van der Waals surface area contributed by atoms with E-state index in [0.717, 1.165) is 16.7 Å². The van der Waals surface area contributed by atoms with E-state index in [2.05, 4.69) is 37.6 Å². The summed E-state index contributed by atoms with van der Waals surface area (Å²) < 4.78 is 37.9. The zero-order valence-electron chi connectivity index (χ0n) is 24.8. The van der Waals surface area contributed by atoms with Gasteiger partial charge in [0, 0.05) is 7.05 Å². The Morgan fingerprint density at radius 3 is 2.10 bits per heavy atom. The lowest BCUT2D eigenvalue weighted by Gasteiger charge is -2.22. The number of sulfonamides is 1. The molecule has 0 aliphatic carbocycles. The summed E-state index contributed by atoms with van der Waals surface area (Å²) in [4.78, 5) is 26.2. The smallest absolute Gasteiger partial charge is 0.338 e. The fraction of sp³-hybridized carbons (Fsp3) is 0.312. The lowest BCUT2D eigenvalue weighted by molar-refractivity contribution is 0.0470. The number of hydrogen-bond donors (Lipinski definition) is 1. The molecule has 0 radical (unpaired) electrons. The predicted molar refractivity (Wildman–Crippen MR) is 161 cm³/mol. The Balaban J connectivity index is 1.60. The van der Waals surface area contributed by atoms with Crippen LogP contribution in [0.5, 0.6) is 0 Å².